The lowest BCUT2D eigenvalue weighted by Gasteiger charge is -2.16. The van der Waals surface area contributed by atoms with E-state index in [-0.39, 0.29) is 11.9 Å². The number of nitrogens with one attached hydrogen (secondary N) is 1. The van der Waals surface area contributed by atoms with E-state index in [0.29, 0.717) is 17.9 Å². The summed E-state index contributed by atoms with van der Waals surface area (Å²) >= 11 is 0. The molecular formula is C19H19NO5. The van der Waals surface area contributed by atoms with Gasteiger partial charge in [-0.25, -0.2) is 4.79 Å². The van der Waals surface area contributed by atoms with Crippen LogP contribution in [0, 0.1) is 0 Å². The van der Waals surface area contributed by atoms with Gasteiger partial charge in [-0.2, -0.15) is 0 Å². The van der Waals surface area contributed by atoms with Crippen molar-refractivity contribution in [1.29, 1.82) is 0 Å². The minimum absolute atomic E-state index is 0.0668. The number of carboxylic acids is 1. The minimum atomic E-state index is -1.05. The Morgan fingerprint density at radius 2 is 1.92 bits per heavy atom. The molecule has 0 fully saturated rings. The largest absolute Gasteiger partial charge is 0.491 e. The number of aryl methyl sites for hydroxylation is 1. The van der Waals surface area contributed by atoms with Crippen molar-refractivity contribution in [2.75, 3.05) is 13.2 Å². The highest BCUT2D eigenvalue weighted by Crippen LogP contribution is 2.23. The fraction of sp³-hybridized carbons (Fsp3) is 0.263. The lowest BCUT2D eigenvalue weighted by Crippen LogP contribution is -2.38. The van der Waals surface area contributed by atoms with Crippen molar-refractivity contribution < 1.29 is 24.2 Å². The summed E-state index contributed by atoms with van der Waals surface area (Å²) in [5.74, 6) is 0.0481. The first-order valence-corrected chi connectivity index (χ1v) is 8.08. The Kier molecular flexibility index (Phi) is 5.18. The highest BCUT2D eigenvalue weighted by molar-refractivity contribution is 5.94. The molecule has 0 saturated carbocycles. The maximum atomic E-state index is 12.4. The van der Waals surface area contributed by atoms with Crippen molar-refractivity contribution in [3.63, 3.8) is 0 Å². The molecule has 2 aromatic rings. The number of carbonyl (C=O) groups excluding carboxylic acids is 1. The molecule has 1 unspecified atom stereocenters. The number of carbonyl (C=O) groups is 2. The molecule has 6 heteroatoms. The molecule has 6 nitrogen and oxygen atoms in total. The monoisotopic (exact) mass is 341 g/mol. The van der Waals surface area contributed by atoms with Crippen LogP contribution < -0.4 is 14.8 Å². The quantitative estimate of drug-likeness (QED) is 0.871. The highest BCUT2D eigenvalue weighted by Gasteiger charge is 2.19. The second kappa shape index (κ2) is 7.70. The van der Waals surface area contributed by atoms with Gasteiger partial charge in [-0.1, -0.05) is 18.2 Å². The normalized spacial score (nSPS) is 16.1. The van der Waals surface area contributed by atoms with Crippen LogP contribution in [0.3, 0.4) is 0 Å². The molecule has 2 aromatic carbocycles. The van der Waals surface area contributed by atoms with Crippen LogP contribution >= 0.6 is 0 Å². The zero-order valence-electron chi connectivity index (χ0n) is 13.6. The van der Waals surface area contributed by atoms with Gasteiger partial charge in [0.2, 0.25) is 0 Å². The first-order valence-electron chi connectivity index (χ1n) is 8.08. The third-order valence-corrected chi connectivity index (χ3v) is 3.99. The molecule has 1 amide bonds. The SMILES string of the molecule is O=C(O)COc1ccc(C(=O)NC2CCc3ccccc3OC2)cc1. The first-order chi connectivity index (χ1) is 12.1. The second-order valence-corrected chi connectivity index (χ2v) is 5.83. The molecule has 2 N–H and O–H groups in total. The number of hydrogen-bond acceptors (Lipinski definition) is 4. The van der Waals surface area contributed by atoms with E-state index in [1.165, 1.54) is 0 Å². The summed E-state index contributed by atoms with van der Waals surface area (Å²) in [5.41, 5.74) is 1.64. The molecule has 0 bridgehead atoms. The maximum absolute atomic E-state index is 12.4. The Labute approximate surface area is 145 Å². The molecular weight excluding hydrogens is 322 g/mol. The molecule has 1 aliphatic rings. The number of ether oxygens (including phenoxy) is 2. The van der Waals surface area contributed by atoms with Gasteiger partial charge in [0.15, 0.2) is 6.61 Å². The standard InChI is InChI=1S/C19H19NO5/c21-18(22)12-24-16-9-6-14(7-10-16)19(23)20-15-8-5-13-3-1-2-4-17(13)25-11-15/h1-4,6-7,9-10,15H,5,8,11-12H2,(H,20,23)(H,21,22). The van der Waals surface area contributed by atoms with Crippen LogP contribution in [0.1, 0.15) is 22.3 Å². The zero-order valence-corrected chi connectivity index (χ0v) is 13.6. The average Bonchev–Trinajstić information content (AvgIpc) is 2.83. The topological polar surface area (TPSA) is 84.9 Å². The van der Waals surface area contributed by atoms with E-state index in [1.807, 2.05) is 24.3 Å². The van der Waals surface area contributed by atoms with E-state index in [9.17, 15) is 9.59 Å². The van der Waals surface area contributed by atoms with E-state index < -0.39 is 12.6 Å². The third kappa shape index (κ3) is 4.50. The highest BCUT2D eigenvalue weighted by atomic mass is 16.5. The van der Waals surface area contributed by atoms with Crippen LogP contribution in [0.5, 0.6) is 11.5 Å². The predicted molar refractivity (Wildman–Crippen MR) is 91.1 cm³/mol. The van der Waals surface area contributed by atoms with Crippen molar-refractivity contribution in [2.24, 2.45) is 0 Å². The number of hydrogen-bond donors (Lipinski definition) is 2. The van der Waals surface area contributed by atoms with E-state index in [1.54, 1.807) is 24.3 Å². The van der Waals surface area contributed by atoms with Gasteiger partial charge >= 0.3 is 5.97 Å². The summed E-state index contributed by atoms with van der Waals surface area (Å²) in [5, 5.41) is 11.6. The summed E-state index contributed by atoms with van der Waals surface area (Å²) in [6.07, 6.45) is 1.66. The van der Waals surface area contributed by atoms with Crippen LogP contribution in [0.25, 0.3) is 0 Å². The fourth-order valence-corrected chi connectivity index (χ4v) is 2.68. The van der Waals surface area contributed by atoms with Crippen LogP contribution in [0.15, 0.2) is 48.5 Å². The molecule has 130 valence electrons. The molecule has 0 saturated heterocycles. The van der Waals surface area contributed by atoms with Gasteiger partial charge in [-0.05, 0) is 48.7 Å². The Bertz CT molecular complexity index is 730. The smallest absolute Gasteiger partial charge is 0.341 e. The van der Waals surface area contributed by atoms with Crippen LogP contribution in [-0.4, -0.2) is 36.2 Å². The fourth-order valence-electron chi connectivity index (χ4n) is 2.68. The van der Waals surface area contributed by atoms with Gasteiger partial charge < -0.3 is 19.9 Å². The predicted octanol–water partition coefficient (Wildman–Crippen LogP) is 2.27. The van der Waals surface area contributed by atoms with E-state index in [4.69, 9.17) is 14.6 Å². The zero-order chi connectivity index (χ0) is 17.6. The molecule has 25 heavy (non-hydrogen) atoms. The van der Waals surface area contributed by atoms with Gasteiger partial charge in [-0.3, -0.25) is 4.79 Å². The number of rotatable bonds is 5. The first kappa shape index (κ1) is 16.8. The molecule has 1 aliphatic heterocycles. The molecule has 0 aromatic heterocycles. The summed E-state index contributed by atoms with van der Waals surface area (Å²) in [6.45, 7) is 0.0219. The molecule has 0 spiro atoms. The summed E-state index contributed by atoms with van der Waals surface area (Å²) in [6, 6.07) is 14.2. The number of para-hydroxylation sites is 1. The van der Waals surface area contributed by atoms with Crippen molar-refractivity contribution in [3.05, 3.63) is 59.7 Å². The van der Waals surface area contributed by atoms with Gasteiger partial charge in [-0.15, -0.1) is 0 Å². The van der Waals surface area contributed by atoms with E-state index in [0.717, 1.165) is 24.2 Å². The maximum Gasteiger partial charge on any atom is 0.341 e. The number of carboxylic acid groups (broad SMARTS) is 1. The summed E-state index contributed by atoms with van der Waals surface area (Å²) in [7, 11) is 0. The Hall–Kier alpha value is -3.02. The Morgan fingerprint density at radius 3 is 2.68 bits per heavy atom. The Balaban J connectivity index is 1.56. The van der Waals surface area contributed by atoms with Crippen molar-refractivity contribution in [1.82, 2.24) is 5.32 Å². The molecule has 3 rings (SSSR count). The lowest BCUT2D eigenvalue weighted by molar-refractivity contribution is -0.139. The molecule has 0 aliphatic carbocycles. The summed E-state index contributed by atoms with van der Waals surface area (Å²) < 4.78 is 10.8. The van der Waals surface area contributed by atoms with Crippen molar-refractivity contribution in [2.45, 2.75) is 18.9 Å². The van der Waals surface area contributed by atoms with Gasteiger partial charge in [0.25, 0.3) is 5.91 Å². The van der Waals surface area contributed by atoms with Gasteiger partial charge in [0, 0.05) is 5.56 Å². The number of amides is 1. The third-order valence-electron chi connectivity index (χ3n) is 3.99. The Morgan fingerprint density at radius 1 is 1.16 bits per heavy atom. The van der Waals surface area contributed by atoms with Crippen LogP contribution in [0.2, 0.25) is 0 Å². The lowest BCUT2D eigenvalue weighted by atomic mass is 10.1. The van der Waals surface area contributed by atoms with Gasteiger partial charge in [0.1, 0.15) is 18.1 Å². The average molecular weight is 341 g/mol. The number of fused-ring (bicyclic) bond motifs is 1. The number of benzene rings is 2. The van der Waals surface area contributed by atoms with E-state index >= 15 is 0 Å². The number of aliphatic carboxylic acids is 1. The minimum Gasteiger partial charge on any atom is -0.491 e. The summed E-state index contributed by atoms with van der Waals surface area (Å²) in [4.78, 5) is 22.9. The van der Waals surface area contributed by atoms with Crippen LogP contribution in [-0.2, 0) is 11.2 Å². The van der Waals surface area contributed by atoms with Gasteiger partial charge in [0.05, 0.1) is 6.04 Å². The van der Waals surface area contributed by atoms with Crippen molar-refractivity contribution >= 4 is 11.9 Å². The molecule has 1 atom stereocenters. The second-order valence-electron chi connectivity index (χ2n) is 5.83. The van der Waals surface area contributed by atoms with E-state index in [2.05, 4.69) is 5.32 Å². The van der Waals surface area contributed by atoms with Crippen LogP contribution in [0.4, 0.5) is 0 Å². The molecule has 1 heterocycles. The molecule has 0 radical (unpaired) electrons. The van der Waals surface area contributed by atoms with Crippen molar-refractivity contribution in [3.8, 4) is 11.5 Å².